The van der Waals surface area contributed by atoms with E-state index in [0.717, 1.165) is 5.56 Å². The Morgan fingerprint density at radius 1 is 1.50 bits per heavy atom. The maximum absolute atomic E-state index is 12.0. The van der Waals surface area contributed by atoms with Crippen molar-refractivity contribution in [3.8, 4) is 5.75 Å². The zero-order chi connectivity index (χ0) is 16.2. The molecule has 1 aliphatic heterocycles. The Morgan fingerprint density at radius 2 is 2.27 bits per heavy atom. The number of hydrogen-bond donors (Lipinski definition) is 2. The van der Waals surface area contributed by atoms with Gasteiger partial charge in [0, 0.05) is 11.6 Å². The fourth-order valence-corrected chi connectivity index (χ4v) is 2.66. The first-order chi connectivity index (χ1) is 10.4. The SMILES string of the molecule is Cc1cc(Cl)ccc1OCC(=O)NC1(CC(=O)O)CCOC1. The van der Waals surface area contributed by atoms with Crippen molar-refractivity contribution in [2.45, 2.75) is 25.3 Å². The van der Waals surface area contributed by atoms with Crippen LogP contribution in [0.4, 0.5) is 0 Å². The summed E-state index contributed by atoms with van der Waals surface area (Å²) in [6, 6.07) is 5.11. The van der Waals surface area contributed by atoms with E-state index >= 15 is 0 Å². The minimum absolute atomic E-state index is 0.168. The first-order valence-corrected chi connectivity index (χ1v) is 7.27. The van der Waals surface area contributed by atoms with E-state index in [2.05, 4.69) is 5.32 Å². The first-order valence-electron chi connectivity index (χ1n) is 6.90. The third-order valence-corrected chi connectivity index (χ3v) is 3.73. The third-order valence-electron chi connectivity index (χ3n) is 3.49. The van der Waals surface area contributed by atoms with Gasteiger partial charge < -0.3 is 19.9 Å². The predicted molar refractivity (Wildman–Crippen MR) is 80.2 cm³/mol. The lowest BCUT2D eigenvalue weighted by atomic mass is 9.94. The van der Waals surface area contributed by atoms with E-state index in [0.29, 0.717) is 23.8 Å². The Balaban J connectivity index is 1.92. The molecule has 6 nitrogen and oxygen atoms in total. The van der Waals surface area contributed by atoms with Crippen LogP contribution in [0.25, 0.3) is 0 Å². The molecule has 22 heavy (non-hydrogen) atoms. The zero-order valence-electron chi connectivity index (χ0n) is 12.2. The number of carboxylic acids is 1. The summed E-state index contributed by atoms with van der Waals surface area (Å²) in [4.78, 5) is 23.0. The number of nitrogens with one attached hydrogen (secondary N) is 1. The Bertz CT molecular complexity index is 569. The second-order valence-corrected chi connectivity index (χ2v) is 5.84. The Hall–Kier alpha value is -1.79. The molecule has 0 bridgehead atoms. The number of carboxylic acid groups (broad SMARTS) is 1. The lowest BCUT2D eigenvalue weighted by Gasteiger charge is -2.27. The van der Waals surface area contributed by atoms with Crippen molar-refractivity contribution in [2.24, 2.45) is 0 Å². The van der Waals surface area contributed by atoms with Crippen molar-refractivity contribution < 1.29 is 24.2 Å². The van der Waals surface area contributed by atoms with E-state index in [-0.39, 0.29) is 25.5 Å². The van der Waals surface area contributed by atoms with E-state index in [1.165, 1.54) is 0 Å². The average Bonchev–Trinajstić information content (AvgIpc) is 2.84. The standard InChI is InChI=1S/C15H18ClNO5/c1-10-6-11(16)2-3-12(10)22-8-13(18)17-15(7-14(19)20)4-5-21-9-15/h2-3,6H,4-5,7-9H2,1H3,(H,17,18)(H,19,20). The molecule has 1 aliphatic rings. The second-order valence-electron chi connectivity index (χ2n) is 5.40. The molecular formula is C15H18ClNO5. The topological polar surface area (TPSA) is 84.9 Å². The highest BCUT2D eigenvalue weighted by Crippen LogP contribution is 2.24. The van der Waals surface area contributed by atoms with Crippen LogP contribution >= 0.6 is 11.6 Å². The van der Waals surface area contributed by atoms with Crippen molar-refractivity contribution >= 4 is 23.5 Å². The summed E-state index contributed by atoms with van der Waals surface area (Å²) >= 11 is 5.86. The van der Waals surface area contributed by atoms with E-state index in [9.17, 15) is 9.59 Å². The fraction of sp³-hybridized carbons (Fsp3) is 0.467. The number of halogens is 1. The molecule has 120 valence electrons. The Labute approximate surface area is 133 Å². The smallest absolute Gasteiger partial charge is 0.305 e. The average molecular weight is 328 g/mol. The number of aliphatic carboxylic acids is 1. The van der Waals surface area contributed by atoms with Gasteiger partial charge in [-0.05, 0) is 37.1 Å². The van der Waals surface area contributed by atoms with Crippen molar-refractivity contribution in [2.75, 3.05) is 19.8 Å². The third kappa shape index (κ3) is 4.35. The number of rotatable bonds is 6. The number of carbonyl (C=O) groups excluding carboxylic acids is 1. The van der Waals surface area contributed by atoms with Gasteiger partial charge in [-0.1, -0.05) is 11.6 Å². The molecule has 7 heteroatoms. The van der Waals surface area contributed by atoms with Gasteiger partial charge >= 0.3 is 5.97 Å². The quantitative estimate of drug-likeness (QED) is 0.832. The normalized spacial score (nSPS) is 20.6. The molecule has 0 radical (unpaired) electrons. The van der Waals surface area contributed by atoms with Gasteiger partial charge in [0.1, 0.15) is 5.75 Å². The van der Waals surface area contributed by atoms with Crippen molar-refractivity contribution in [3.63, 3.8) is 0 Å². The highest BCUT2D eigenvalue weighted by atomic mass is 35.5. The van der Waals surface area contributed by atoms with Crippen LogP contribution in [0.5, 0.6) is 5.75 Å². The van der Waals surface area contributed by atoms with Crippen LogP contribution in [0.15, 0.2) is 18.2 Å². The van der Waals surface area contributed by atoms with Crippen LogP contribution in [0, 0.1) is 6.92 Å². The fourth-order valence-electron chi connectivity index (χ4n) is 2.43. The molecular weight excluding hydrogens is 310 g/mol. The molecule has 2 N–H and O–H groups in total. The molecule has 0 saturated carbocycles. The molecule has 1 saturated heterocycles. The minimum atomic E-state index is -0.972. The summed E-state index contributed by atoms with van der Waals surface area (Å²) in [5.74, 6) is -0.782. The molecule has 1 unspecified atom stereocenters. The zero-order valence-corrected chi connectivity index (χ0v) is 13.0. The molecule has 0 spiro atoms. The minimum Gasteiger partial charge on any atom is -0.484 e. The van der Waals surface area contributed by atoms with Gasteiger partial charge in [0.15, 0.2) is 6.61 Å². The number of ether oxygens (including phenoxy) is 2. The van der Waals surface area contributed by atoms with Crippen molar-refractivity contribution in [1.29, 1.82) is 0 Å². The maximum Gasteiger partial charge on any atom is 0.305 e. The van der Waals surface area contributed by atoms with Crippen LogP contribution in [0.1, 0.15) is 18.4 Å². The molecule has 1 fully saturated rings. The highest BCUT2D eigenvalue weighted by molar-refractivity contribution is 6.30. The molecule has 1 atom stereocenters. The number of hydrogen-bond acceptors (Lipinski definition) is 4. The van der Waals surface area contributed by atoms with Gasteiger partial charge in [0.05, 0.1) is 18.6 Å². The highest BCUT2D eigenvalue weighted by Gasteiger charge is 2.38. The number of aryl methyl sites for hydroxylation is 1. The summed E-state index contributed by atoms with van der Waals surface area (Å²) < 4.78 is 10.7. The number of benzene rings is 1. The Kier molecular flexibility index (Phi) is 5.26. The summed E-state index contributed by atoms with van der Waals surface area (Å²) in [5, 5.41) is 12.3. The van der Waals surface area contributed by atoms with Crippen LogP contribution in [-0.2, 0) is 14.3 Å². The van der Waals surface area contributed by atoms with Gasteiger partial charge in [0.2, 0.25) is 0 Å². The Morgan fingerprint density at radius 3 is 2.86 bits per heavy atom. The summed E-state index contributed by atoms with van der Waals surface area (Å²) in [6.07, 6.45) is 0.309. The number of amides is 1. The van der Waals surface area contributed by atoms with Crippen LogP contribution in [0.2, 0.25) is 5.02 Å². The largest absolute Gasteiger partial charge is 0.484 e. The molecule has 1 aromatic carbocycles. The molecule has 1 heterocycles. The monoisotopic (exact) mass is 327 g/mol. The molecule has 1 aromatic rings. The van der Waals surface area contributed by atoms with Gasteiger partial charge in [-0.2, -0.15) is 0 Å². The first kappa shape index (κ1) is 16.6. The lowest BCUT2D eigenvalue weighted by Crippen LogP contribution is -2.51. The van der Waals surface area contributed by atoms with Gasteiger partial charge in [-0.25, -0.2) is 0 Å². The van der Waals surface area contributed by atoms with E-state index < -0.39 is 11.5 Å². The molecule has 0 aliphatic carbocycles. The van der Waals surface area contributed by atoms with Crippen LogP contribution < -0.4 is 10.1 Å². The molecule has 1 amide bonds. The van der Waals surface area contributed by atoms with E-state index in [1.807, 2.05) is 6.92 Å². The molecule has 2 rings (SSSR count). The van der Waals surface area contributed by atoms with E-state index in [4.69, 9.17) is 26.2 Å². The lowest BCUT2D eigenvalue weighted by molar-refractivity contribution is -0.139. The van der Waals surface area contributed by atoms with Crippen molar-refractivity contribution in [3.05, 3.63) is 28.8 Å². The predicted octanol–water partition coefficient (Wildman–Crippen LogP) is 1.78. The summed E-state index contributed by atoms with van der Waals surface area (Å²) in [7, 11) is 0. The molecule has 0 aromatic heterocycles. The van der Waals surface area contributed by atoms with Gasteiger partial charge in [0.25, 0.3) is 5.91 Å². The van der Waals surface area contributed by atoms with E-state index in [1.54, 1.807) is 18.2 Å². The second kappa shape index (κ2) is 6.98. The summed E-state index contributed by atoms with van der Waals surface area (Å²) in [6.45, 7) is 2.27. The summed E-state index contributed by atoms with van der Waals surface area (Å²) in [5.41, 5.74) is -0.0221. The van der Waals surface area contributed by atoms with Crippen molar-refractivity contribution in [1.82, 2.24) is 5.32 Å². The van der Waals surface area contributed by atoms with Gasteiger partial charge in [-0.15, -0.1) is 0 Å². The van der Waals surface area contributed by atoms with Crippen LogP contribution in [0.3, 0.4) is 0 Å². The maximum atomic E-state index is 12.0. The number of carbonyl (C=O) groups is 2. The van der Waals surface area contributed by atoms with Gasteiger partial charge in [-0.3, -0.25) is 9.59 Å². The van der Waals surface area contributed by atoms with Crippen LogP contribution in [-0.4, -0.2) is 42.3 Å².